The minimum atomic E-state index is 0.139. The van der Waals surface area contributed by atoms with Gasteiger partial charge in [0.15, 0.2) is 0 Å². The molecule has 2 aliphatic heterocycles. The number of nitrogens with zero attached hydrogens (tertiary/aromatic N) is 1. The van der Waals surface area contributed by atoms with E-state index >= 15 is 0 Å². The fourth-order valence-electron chi connectivity index (χ4n) is 5.45. The van der Waals surface area contributed by atoms with E-state index in [4.69, 9.17) is 4.74 Å². The number of hydrogen-bond acceptors (Lipinski definition) is 2. The Kier molecular flexibility index (Phi) is 4.00. The first-order valence-corrected chi connectivity index (χ1v) is 11.2. The van der Waals surface area contributed by atoms with Gasteiger partial charge in [0.05, 0.1) is 12.1 Å². The third-order valence-corrected chi connectivity index (χ3v) is 7.21. The Hall–Kier alpha value is -2.30. The topological polar surface area (TPSA) is 26.2 Å². The fraction of sp³-hybridized carbons (Fsp3) is 0.280. The molecule has 29 heavy (non-hydrogen) atoms. The fourth-order valence-corrected chi connectivity index (χ4v) is 5.71. The van der Waals surface area contributed by atoms with E-state index in [0.717, 1.165) is 24.0 Å². The van der Waals surface area contributed by atoms with Crippen molar-refractivity contribution >= 4 is 43.4 Å². The Morgan fingerprint density at radius 3 is 2.69 bits per heavy atom. The van der Waals surface area contributed by atoms with Crippen LogP contribution in [-0.4, -0.2) is 11.2 Å². The van der Waals surface area contributed by atoms with Gasteiger partial charge in [-0.15, -0.1) is 0 Å². The van der Waals surface area contributed by atoms with E-state index in [2.05, 4.69) is 93.4 Å². The summed E-state index contributed by atoms with van der Waals surface area (Å²) >= 11 is 3.56. The first-order valence-electron chi connectivity index (χ1n) is 10.4. The molecule has 3 nitrogen and oxygen atoms in total. The molecule has 4 aromatic rings. The molecule has 2 aliphatic rings. The molecule has 1 aromatic heterocycles. The lowest BCUT2D eigenvalue weighted by Gasteiger charge is -2.37. The lowest BCUT2D eigenvalue weighted by Crippen LogP contribution is -2.29. The van der Waals surface area contributed by atoms with Gasteiger partial charge in [0.25, 0.3) is 0 Å². The third kappa shape index (κ3) is 2.52. The van der Waals surface area contributed by atoms with Crippen LogP contribution >= 0.6 is 15.9 Å². The molecule has 146 valence electrons. The largest absolute Gasteiger partial charge is 0.378 e. The molecule has 4 heteroatoms. The van der Waals surface area contributed by atoms with Gasteiger partial charge >= 0.3 is 0 Å². The van der Waals surface area contributed by atoms with Gasteiger partial charge in [-0.25, -0.2) is 0 Å². The molecule has 1 saturated heterocycles. The number of aromatic nitrogens is 1. The molecule has 0 radical (unpaired) electrons. The summed E-state index contributed by atoms with van der Waals surface area (Å²) in [6.07, 6.45) is 1.22. The van der Waals surface area contributed by atoms with Gasteiger partial charge in [-0.05, 0) is 49.2 Å². The molecule has 6 rings (SSSR count). The van der Waals surface area contributed by atoms with Crippen molar-refractivity contribution in [2.24, 2.45) is 5.92 Å². The number of ether oxygens (including phenoxy) is 1. The zero-order chi connectivity index (χ0) is 19.5. The first kappa shape index (κ1) is 17.5. The molecule has 0 unspecified atom stereocenters. The molecule has 3 atom stereocenters. The number of halogens is 1. The molecule has 1 fully saturated rings. The maximum absolute atomic E-state index is 6.40. The zero-order valence-corrected chi connectivity index (χ0v) is 17.9. The molecule has 0 spiro atoms. The molecular weight excluding hydrogens is 424 g/mol. The van der Waals surface area contributed by atoms with Gasteiger partial charge in [0.2, 0.25) is 0 Å². The summed E-state index contributed by atoms with van der Waals surface area (Å²) in [7, 11) is 0. The summed E-state index contributed by atoms with van der Waals surface area (Å²) in [4.78, 5) is 0. The average Bonchev–Trinajstić information content (AvgIpc) is 3.36. The second-order valence-corrected chi connectivity index (χ2v) is 9.02. The summed E-state index contributed by atoms with van der Waals surface area (Å²) < 4.78 is 9.94. The second-order valence-electron chi connectivity index (χ2n) is 8.10. The van der Waals surface area contributed by atoms with Gasteiger partial charge in [-0.1, -0.05) is 46.3 Å². The number of fused-ring (bicyclic) bond motifs is 7. The number of rotatable bonds is 2. The van der Waals surface area contributed by atoms with Crippen LogP contribution in [0.2, 0.25) is 0 Å². The maximum atomic E-state index is 6.40. The van der Waals surface area contributed by atoms with Crippen molar-refractivity contribution in [1.82, 2.24) is 4.57 Å². The summed E-state index contributed by atoms with van der Waals surface area (Å²) in [5, 5.41) is 6.58. The standard InChI is InChI=1S/C25H23BrN2O/c1-2-28-20-6-4-3-5-17(20)22-21(28)12-11-19-23(22)25-18(13-14-29-25)24(27-19)15-7-9-16(26)10-8-15/h3-12,18,24-25,27H,2,13-14H2,1H3/t18-,24-,25-/m0/s1. The quantitative estimate of drug-likeness (QED) is 0.365. The number of anilines is 1. The Bertz CT molecular complexity index is 1230. The lowest BCUT2D eigenvalue weighted by molar-refractivity contribution is 0.0842. The number of hydrogen-bond donors (Lipinski definition) is 1. The number of aryl methyl sites for hydroxylation is 1. The predicted molar refractivity (Wildman–Crippen MR) is 122 cm³/mol. The van der Waals surface area contributed by atoms with Crippen molar-refractivity contribution in [3.05, 3.63) is 76.3 Å². The highest BCUT2D eigenvalue weighted by atomic mass is 79.9. The predicted octanol–water partition coefficient (Wildman–Crippen LogP) is 6.82. The number of nitrogens with one attached hydrogen (secondary N) is 1. The van der Waals surface area contributed by atoms with Crippen molar-refractivity contribution in [1.29, 1.82) is 0 Å². The van der Waals surface area contributed by atoms with E-state index < -0.39 is 0 Å². The highest BCUT2D eigenvalue weighted by molar-refractivity contribution is 9.10. The van der Waals surface area contributed by atoms with E-state index in [1.807, 2.05) is 0 Å². The minimum absolute atomic E-state index is 0.139. The van der Waals surface area contributed by atoms with Gasteiger partial charge < -0.3 is 14.6 Å². The van der Waals surface area contributed by atoms with Crippen LogP contribution in [0.3, 0.4) is 0 Å². The molecule has 0 bridgehead atoms. The molecule has 3 aromatic carbocycles. The number of benzene rings is 3. The second kappa shape index (κ2) is 6.61. The van der Waals surface area contributed by atoms with Crippen molar-refractivity contribution < 1.29 is 4.74 Å². The van der Waals surface area contributed by atoms with Crippen LogP contribution < -0.4 is 5.32 Å². The minimum Gasteiger partial charge on any atom is -0.378 e. The highest BCUT2D eigenvalue weighted by Gasteiger charge is 2.42. The van der Waals surface area contributed by atoms with E-state index in [-0.39, 0.29) is 12.1 Å². The molecule has 0 aliphatic carbocycles. The molecule has 0 amide bonds. The monoisotopic (exact) mass is 446 g/mol. The van der Waals surface area contributed by atoms with Crippen molar-refractivity contribution in [2.75, 3.05) is 11.9 Å². The Balaban J connectivity index is 1.60. The van der Waals surface area contributed by atoms with Crippen LogP contribution in [0.4, 0.5) is 5.69 Å². The van der Waals surface area contributed by atoms with Gasteiger partial charge in [-0.3, -0.25) is 0 Å². The summed E-state index contributed by atoms with van der Waals surface area (Å²) in [5.41, 5.74) is 6.51. The van der Waals surface area contributed by atoms with Crippen LogP contribution in [-0.2, 0) is 11.3 Å². The van der Waals surface area contributed by atoms with Crippen LogP contribution in [0.1, 0.15) is 36.6 Å². The normalized spacial score (nSPS) is 23.2. The van der Waals surface area contributed by atoms with Crippen LogP contribution in [0.15, 0.2) is 65.1 Å². The van der Waals surface area contributed by atoms with E-state index in [1.165, 1.54) is 38.6 Å². The van der Waals surface area contributed by atoms with Gasteiger partial charge in [-0.2, -0.15) is 0 Å². The molecule has 1 N–H and O–H groups in total. The van der Waals surface area contributed by atoms with Crippen LogP contribution in [0.5, 0.6) is 0 Å². The summed E-state index contributed by atoms with van der Waals surface area (Å²) in [6.45, 7) is 4.01. The SMILES string of the molecule is CCn1c2ccccc2c2c3c(ccc21)N[C@@H](c1ccc(Br)cc1)[C@@H]1CCO[C@H]31. The lowest BCUT2D eigenvalue weighted by atomic mass is 9.80. The van der Waals surface area contributed by atoms with Gasteiger partial charge in [0.1, 0.15) is 0 Å². The van der Waals surface area contributed by atoms with Crippen molar-refractivity contribution in [3.63, 3.8) is 0 Å². The zero-order valence-electron chi connectivity index (χ0n) is 16.4. The van der Waals surface area contributed by atoms with Gasteiger partial charge in [0, 0.05) is 56.6 Å². The molecule has 3 heterocycles. The van der Waals surface area contributed by atoms with Crippen molar-refractivity contribution in [3.8, 4) is 0 Å². The summed E-state index contributed by atoms with van der Waals surface area (Å²) in [5.74, 6) is 0.443. The molecular formula is C25H23BrN2O. The van der Waals surface area contributed by atoms with E-state index in [1.54, 1.807) is 0 Å². The summed E-state index contributed by atoms with van der Waals surface area (Å²) in [6, 6.07) is 22.3. The Morgan fingerprint density at radius 1 is 1.03 bits per heavy atom. The maximum Gasteiger partial charge on any atom is 0.0903 e. The third-order valence-electron chi connectivity index (χ3n) is 6.68. The Morgan fingerprint density at radius 2 is 1.86 bits per heavy atom. The van der Waals surface area contributed by atoms with Crippen LogP contribution in [0.25, 0.3) is 21.8 Å². The van der Waals surface area contributed by atoms with E-state index in [9.17, 15) is 0 Å². The highest BCUT2D eigenvalue weighted by Crippen LogP contribution is 2.53. The van der Waals surface area contributed by atoms with Crippen molar-refractivity contribution in [2.45, 2.75) is 32.0 Å². The smallest absolute Gasteiger partial charge is 0.0903 e. The molecule has 0 saturated carbocycles. The Labute approximate surface area is 178 Å². The number of para-hydroxylation sites is 1. The van der Waals surface area contributed by atoms with E-state index in [0.29, 0.717) is 5.92 Å². The first-order chi connectivity index (χ1) is 14.3. The van der Waals surface area contributed by atoms with Crippen LogP contribution in [0, 0.1) is 5.92 Å². The average molecular weight is 447 g/mol.